The summed E-state index contributed by atoms with van der Waals surface area (Å²) in [6, 6.07) is 0.408. The summed E-state index contributed by atoms with van der Waals surface area (Å²) in [6.07, 6.45) is 5.33. The fourth-order valence-electron chi connectivity index (χ4n) is 3.68. The van der Waals surface area contributed by atoms with Crippen molar-refractivity contribution in [3.05, 3.63) is 17.4 Å². The summed E-state index contributed by atoms with van der Waals surface area (Å²) in [5, 5.41) is 4.65. The standard InChI is InChI=1S/C17H28ClN5O2/c1-20(2)7-8-21-9-10-25-16-4-6-22(5-3-15(16)21)17(24)13-23-12-14(18)11-19-23/h11-12,15-16H,3-10,13H2,1-2H3. The van der Waals surface area contributed by atoms with Gasteiger partial charge in [0.25, 0.3) is 0 Å². The first kappa shape index (κ1) is 18.6. The van der Waals surface area contributed by atoms with E-state index in [1.807, 2.05) is 4.90 Å². The summed E-state index contributed by atoms with van der Waals surface area (Å²) < 4.78 is 7.62. The van der Waals surface area contributed by atoms with E-state index in [1.165, 1.54) is 0 Å². The predicted octanol–water partition coefficient (Wildman–Crippen LogP) is 0.790. The van der Waals surface area contributed by atoms with E-state index in [4.69, 9.17) is 16.3 Å². The van der Waals surface area contributed by atoms with Crippen molar-refractivity contribution < 1.29 is 9.53 Å². The van der Waals surface area contributed by atoms with Crippen molar-refractivity contribution in [2.24, 2.45) is 0 Å². The number of likely N-dealkylation sites (N-methyl/N-ethyl adjacent to an activating group) is 1. The number of rotatable bonds is 5. The van der Waals surface area contributed by atoms with E-state index in [9.17, 15) is 4.79 Å². The molecule has 0 N–H and O–H groups in total. The highest BCUT2D eigenvalue weighted by molar-refractivity contribution is 6.30. The van der Waals surface area contributed by atoms with Crippen molar-refractivity contribution in [3.63, 3.8) is 0 Å². The van der Waals surface area contributed by atoms with Crippen molar-refractivity contribution in [2.75, 3.05) is 53.4 Å². The lowest BCUT2D eigenvalue weighted by Gasteiger charge is -2.40. The monoisotopic (exact) mass is 369 g/mol. The van der Waals surface area contributed by atoms with Gasteiger partial charge >= 0.3 is 0 Å². The SMILES string of the molecule is CN(C)CCN1CCOC2CCN(C(=O)Cn3cc(Cl)cn3)CCC21. The minimum Gasteiger partial charge on any atom is -0.375 e. The summed E-state index contributed by atoms with van der Waals surface area (Å²) in [4.78, 5) is 19.3. The van der Waals surface area contributed by atoms with Gasteiger partial charge in [0, 0.05) is 45.0 Å². The number of morpholine rings is 1. The lowest BCUT2D eigenvalue weighted by atomic mass is 10.0. The van der Waals surface area contributed by atoms with Crippen LogP contribution < -0.4 is 0 Å². The predicted molar refractivity (Wildman–Crippen MR) is 96.7 cm³/mol. The number of amides is 1. The fraction of sp³-hybridized carbons (Fsp3) is 0.765. The number of nitrogens with zero attached hydrogens (tertiary/aromatic N) is 5. The Bertz CT molecular complexity index is 579. The first-order valence-corrected chi connectivity index (χ1v) is 9.37. The molecule has 2 unspecified atom stereocenters. The maximum absolute atomic E-state index is 12.6. The molecule has 2 aliphatic heterocycles. The van der Waals surface area contributed by atoms with Crippen LogP contribution in [0, 0.1) is 0 Å². The molecule has 0 radical (unpaired) electrons. The molecule has 25 heavy (non-hydrogen) atoms. The van der Waals surface area contributed by atoms with Gasteiger partial charge in [-0.2, -0.15) is 5.10 Å². The molecule has 3 rings (SSSR count). The van der Waals surface area contributed by atoms with Gasteiger partial charge in [-0.05, 0) is 26.9 Å². The van der Waals surface area contributed by atoms with E-state index in [-0.39, 0.29) is 18.6 Å². The van der Waals surface area contributed by atoms with Crippen LogP contribution >= 0.6 is 11.6 Å². The molecule has 2 fully saturated rings. The molecule has 3 heterocycles. The molecule has 1 aromatic heterocycles. The highest BCUT2D eigenvalue weighted by atomic mass is 35.5. The zero-order chi connectivity index (χ0) is 17.8. The van der Waals surface area contributed by atoms with Crippen LogP contribution in [0.25, 0.3) is 0 Å². The molecule has 2 atom stereocenters. The van der Waals surface area contributed by atoms with Gasteiger partial charge in [-0.1, -0.05) is 11.6 Å². The average Bonchev–Trinajstić information content (AvgIpc) is 2.85. The number of halogens is 1. The van der Waals surface area contributed by atoms with Gasteiger partial charge in [0.15, 0.2) is 0 Å². The molecule has 2 saturated heterocycles. The molecule has 0 saturated carbocycles. The molecular formula is C17H28ClN5O2. The zero-order valence-electron chi connectivity index (χ0n) is 15.1. The Labute approximate surface area is 154 Å². The molecule has 0 aliphatic carbocycles. The van der Waals surface area contributed by atoms with Crippen LogP contribution in [0.4, 0.5) is 0 Å². The molecule has 2 aliphatic rings. The van der Waals surface area contributed by atoms with Crippen LogP contribution in [0.5, 0.6) is 0 Å². The van der Waals surface area contributed by atoms with Gasteiger partial charge in [-0.25, -0.2) is 0 Å². The molecule has 0 aromatic carbocycles. The number of carbonyl (C=O) groups is 1. The summed E-state index contributed by atoms with van der Waals surface area (Å²) in [5.41, 5.74) is 0. The number of ether oxygens (including phenoxy) is 1. The number of fused-ring (bicyclic) bond motifs is 1. The Balaban J connectivity index is 1.57. The van der Waals surface area contributed by atoms with Gasteiger partial charge in [-0.3, -0.25) is 14.4 Å². The van der Waals surface area contributed by atoms with Crippen LogP contribution in [0.2, 0.25) is 5.02 Å². The van der Waals surface area contributed by atoms with E-state index in [2.05, 4.69) is 29.0 Å². The normalized spacial score (nSPS) is 25.0. The van der Waals surface area contributed by atoms with Crippen molar-refractivity contribution in [1.82, 2.24) is 24.5 Å². The third-order valence-corrected chi connectivity index (χ3v) is 5.27. The first-order chi connectivity index (χ1) is 12.0. The van der Waals surface area contributed by atoms with Gasteiger partial charge in [0.1, 0.15) is 6.54 Å². The maximum Gasteiger partial charge on any atom is 0.244 e. The lowest BCUT2D eigenvalue weighted by Crippen LogP contribution is -2.52. The number of likely N-dealkylation sites (tertiary alicyclic amines) is 1. The van der Waals surface area contributed by atoms with E-state index < -0.39 is 0 Å². The Morgan fingerprint density at radius 3 is 2.88 bits per heavy atom. The quantitative estimate of drug-likeness (QED) is 0.768. The van der Waals surface area contributed by atoms with E-state index in [0.717, 1.165) is 52.2 Å². The topological polar surface area (TPSA) is 53.8 Å². The van der Waals surface area contributed by atoms with Crippen LogP contribution in [0.3, 0.4) is 0 Å². The van der Waals surface area contributed by atoms with Gasteiger partial charge in [0.2, 0.25) is 5.91 Å². The van der Waals surface area contributed by atoms with E-state index >= 15 is 0 Å². The Morgan fingerprint density at radius 1 is 1.36 bits per heavy atom. The number of aromatic nitrogens is 2. The smallest absolute Gasteiger partial charge is 0.244 e. The summed E-state index contributed by atoms with van der Waals surface area (Å²) in [6.45, 7) is 5.63. The minimum atomic E-state index is 0.0956. The molecule has 8 heteroatoms. The second kappa shape index (κ2) is 8.49. The van der Waals surface area contributed by atoms with Crippen LogP contribution in [-0.2, 0) is 16.1 Å². The van der Waals surface area contributed by atoms with Crippen molar-refractivity contribution in [2.45, 2.75) is 31.5 Å². The molecular weight excluding hydrogens is 342 g/mol. The molecule has 0 spiro atoms. The van der Waals surface area contributed by atoms with Gasteiger partial charge < -0.3 is 14.5 Å². The summed E-state index contributed by atoms with van der Waals surface area (Å²) >= 11 is 5.87. The third kappa shape index (κ3) is 4.94. The second-order valence-corrected chi connectivity index (χ2v) is 7.57. The number of hydrogen-bond acceptors (Lipinski definition) is 5. The second-order valence-electron chi connectivity index (χ2n) is 7.13. The molecule has 0 bridgehead atoms. The summed E-state index contributed by atoms with van der Waals surface area (Å²) in [7, 11) is 4.21. The van der Waals surface area contributed by atoms with Crippen molar-refractivity contribution in [1.29, 1.82) is 0 Å². The van der Waals surface area contributed by atoms with E-state index in [0.29, 0.717) is 11.1 Å². The molecule has 1 aromatic rings. The van der Waals surface area contributed by atoms with Crippen molar-refractivity contribution in [3.8, 4) is 0 Å². The maximum atomic E-state index is 12.6. The molecule has 1 amide bonds. The molecule has 7 nitrogen and oxygen atoms in total. The largest absolute Gasteiger partial charge is 0.375 e. The minimum absolute atomic E-state index is 0.0956. The van der Waals surface area contributed by atoms with Crippen molar-refractivity contribution >= 4 is 17.5 Å². The Hall–Kier alpha value is -1.15. The van der Waals surface area contributed by atoms with Crippen LogP contribution in [0.15, 0.2) is 12.4 Å². The third-order valence-electron chi connectivity index (χ3n) is 5.07. The Morgan fingerprint density at radius 2 is 2.16 bits per heavy atom. The average molecular weight is 370 g/mol. The van der Waals surface area contributed by atoms with Gasteiger partial charge in [-0.15, -0.1) is 0 Å². The zero-order valence-corrected chi connectivity index (χ0v) is 15.9. The first-order valence-electron chi connectivity index (χ1n) is 8.99. The van der Waals surface area contributed by atoms with Crippen LogP contribution in [0.1, 0.15) is 12.8 Å². The number of carbonyl (C=O) groups excluding carboxylic acids is 1. The van der Waals surface area contributed by atoms with Crippen LogP contribution in [-0.4, -0.2) is 96.0 Å². The highest BCUT2D eigenvalue weighted by Crippen LogP contribution is 2.24. The summed E-state index contributed by atoms with van der Waals surface area (Å²) in [5.74, 6) is 0.0956. The highest BCUT2D eigenvalue weighted by Gasteiger charge is 2.35. The molecule has 140 valence electrons. The Kier molecular flexibility index (Phi) is 6.33. The number of hydrogen-bond donors (Lipinski definition) is 0. The van der Waals surface area contributed by atoms with E-state index in [1.54, 1.807) is 17.1 Å². The fourth-order valence-corrected chi connectivity index (χ4v) is 3.84. The van der Waals surface area contributed by atoms with Gasteiger partial charge in [0.05, 0.1) is 23.9 Å². The lowest BCUT2D eigenvalue weighted by molar-refractivity contribution is -0.132.